The second-order valence-corrected chi connectivity index (χ2v) is 4.38. The van der Waals surface area contributed by atoms with Crippen LogP contribution in [-0.4, -0.2) is 13.1 Å². The van der Waals surface area contributed by atoms with Gasteiger partial charge in [-0.05, 0) is 24.6 Å². The number of para-hydroxylation sites is 1. The first-order valence-corrected chi connectivity index (χ1v) is 6.43. The summed E-state index contributed by atoms with van der Waals surface area (Å²) in [6.07, 6.45) is 0. The van der Waals surface area contributed by atoms with E-state index in [2.05, 4.69) is 54.0 Å². The fourth-order valence-corrected chi connectivity index (χ4v) is 1.91. The third-order valence-corrected chi connectivity index (χ3v) is 2.98. The molecule has 2 rings (SSSR count). The van der Waals surface area contributed by atoms with Gasteiger partial charge in [-0.25, -0.2) is 0 Å². The zero-order valence-electron chi connectivity index (χ0n) is 10.8. The Balaban J connectivity index is 1.70. The van der Waals surface area contributed by atoms with Crippen LogP contribution in [0.25, 0.3) is 0 Å². The molecule has 18 heavy (non-hydrogen) atoms. The van der Waals surface area contributed by atoms with Crippen molar-refractivity contribution >= 4 is 5.69 Å². The number of hydrogen-bond donors (Lipinski definition) is 2. The summed E-state index contributed by atoms with van der Waals surface area (Å²) in [5, 5.41) is 6.90. The molecule has 0 aliphatic heterocycles. The highest BCUT2D eigenvalue weighted by molar-refractivity contribution is 5.42. The Morgan fingerprint density at radius 3 is 2.11 bits per heavy atom. The van der Waals surface area contributed by atoms with Crippen molar-refractivity contribution in [2.24, 2.45) is 0 Å². The van der Waals surface area contributed by atoms with E-state index in [1.54, 1.807) is 0 Å². The second-order valence-electron chi connectivity index (χ2n) is 4.38. The fourth-order valence-electron chi connectivity index (χ4n) is 1.91. The van der Waals surface area contributed by atoms with Crippen molar-refractivity contribution in [1.29, 1.82) is 0 Å². The van der Waals surface area contributed by atoms with Gasteiger partial charge in [-0.2, -0.15) is 0 Å². The highest BCUT2D eigenvalue weighted by Crippen LogP contribution is 2.10. The zero-order chi connectivity index (χ0) is 12.6. The fraction of sp³-hybridized carbons (Fsp3) is 0.250. The van der Waals surface area contributed by atoms with Crippen LogP contribution in [0.3, 0.4) is 0 Å². The maximum atomic E-state index is 3.51. The van der Waals surface area contributed by atoms with Crippen LogP contribution in [-0.2, 0) is 0 Å². The molecule has 0 heterocycles. The molecular weight excluding hydrogens is 220 g/mol. The summed E-state index contributed by atoms with van der Waals surface area (Å²) in [6, 6.07) is 21.2. The first kappa shape index (κ1) is 12.7. The van der Waals surface area contributed by atoms with Gasteiger partial charge in [0.15, 0.2) is 0 Å². The Hall–Kier alpha value is -1.80. The Bertz CT molecular complexity index is 439. The van der Waals surface area contributed by atoms with Gasteiger partial charge in [0.2, 0.25) is 0 Å². The summed E-state index contributed by atoms with van der Waals surface area (Å²) >= 11 is 0. The smallest absolute Gasteiger partial charge is 0.0340 e. The molecule has 1 atom stereocenters. The Kier molecular flexibility index (Phi) is 4.79. The van der Waals surface area contributed by atoms with Crippen molar-refractivity contribution in [3.63, 3.8) is 0 Å². The molecule has 0 aliphatic rings. The van der Waals surface area contributed by atoms with Crippen LogP contribution in [0.4, 0.5) is 5.69 Å². The highest BCUT2D eigenvalue weighted by atomic mass is 15.0. The number of hydrogen-bond acceptors (Lipinski definition) is 2. The standard InChI is InChI=1S/C16H20N2/c1-14(15-8-4-2-5-9-15)17-12-13-18-16-10-6-3-7-11-16/h2-11,14,17-18H,12-13H2,1H3. The maximum Gasteiger partial charge on any atom is 0.0340 e. The first-order chi connectivity index (χ1) is 8.86. The number of rotatable bonds is 6. The predicted molar refractivity (Wildman–Crippen MR) is 77.8 cm³/mol. The molecule has 0 bridgehead atoms. The Morgan fingerprint density at radius 1 is 0.833 bits per heavy atom. The van der Waals surface area contributed by atoms with Gasteiger partial charge in [0.25, 0.3) is 0 Å². The number of anilines is 1. The lowest BCUT2D eigenvalue weighted by Crippen LogP contribution is -2.25. The average molecular weight is 240 g/mol. The molecule has 2 aromatic rings. The third-order valence-electron chi connectivity index (χ3n) is 2.98. The highest BCUT2D eigenvalue weighted by Gasteiger charge is 2.02. The SMILES string of the molecule is CC(NCCNc1ccccc1)c1ccccc1. The molecule has 2 aromatic carbocycles. The summed E-state index contributed by atoms with van der Waals surface area (Å²) in [5.41, 5.74) is 2.50. The molecule has 0 saturated carbocycles. The first-order valence-electron chi connectivity index (χ1n) is 6.43. The van der Waals surface area contributed by atoms with Gasteiger partial charge in [-0.15, -0.1) is 0 Å². The number of benzene rings is 2. The lowest BCUT2D eigenvalue weighted by atomic mass is 10.1. The van der Waals surface area contributed by atoms with E-state index in [-0.39, 0.29) is 0 Å². The minimum Gasteiger partial charge on any atom is -0.384 e. The van der Waals surface area contributed by atoms with Crippen molar-refractivity contribution in [2.45, 2.75) is 13.0 Å². The number of nitrogens with one attached hydrogen (secondary N) is 2. The largest absolute Gasteiger partial charge is 0.384 e. The van der Waals surface area contributed by atoms with E-state index in [0.29, 0.717) is 6.04 Å². The molecule has 0 radical (unpaired) electrons. The van der Waals surface area contributed by atoms with Gasteiger partial charge in [-0.1, -0.05) is 48.5 Å². The minimum atomic E-state index is 0.392. The van der Waals surface area contributed by atoms with E-state index in [0.717, 1.165) is 13.1 Å². The van der Waals surface area contributed by atoms with Crippen LogP contribution in [0.2, 0.25) is 0 Å². The average Bonchev–Trinajstić information content (AvgIpc) is 2.45. The van der Waals surface area contributed by atoms with Crippen molar-refractivity contribution in [1.82, 2.24) is 5.32 Å². The summed E-state index contributed by atoms with van der Waals surface area (Å²) in [4.78, 5) is 0. The predicted octanol–water partition coefficient (Wildman–Crippen LogP) is 3.45. The van der Waals surface area contributed by atoms with Gasteiger partial charge in [0.05, 0.1) is 0 Å². The van der Waals surface area contributed by atoms with Gasteiger partial charge < -0.3 is 10.6 Å². The molecule has 0 saturated heterocycles. The third kappa shape index (κ3) is 3.90. The molecule has 0 aliphatic carbocycles. The normalized spacial score (nSPS) is 12.1. The monoisotopic (exact) mass is 240 g/mol. The summed E-state index contributed by atoms with van der Waals surface area (Å²) < 4.78 is 0. The van der Waals surface area contributed by atoms with Crippen LogP contribution in [0, 0.1) is 0 Å². The van der Waals surface area contributed by atoms with Gasteiger partial charge in [0.1, 0.15) is 0 Å². The second kappa shape index (κ2) is 6.82. The minimum absolute atomic E-state index is 0.392. The molecular formula is C16H20N2. The van der Waals surface area contributed by atoms with Gasteiger partial charge in [0, 0.05) is 24.8 Å². The van der Waals surface area contributed by atoms with Crippen molar-refractivity contribution in [3.05, 3.63) is 66.2 Å². The quantitative estimate of drug-likeness (QED) is 0.756. The molecule has 2 N–H and O–H groups in total. The van der Waals surface area contributed by atoms with Crippen LogP contribution >= 0.6 is 0 Å². The molecule has 94 valence electrons. The molecule has 2 heteroatoms. The maximum absolute atomic E-state index is 3.51. The topological polar surface area (TPSA) is 24.1 Å². The van der Waals surface area contributed by atoms with E-state index in [1.807, 2.05) is 24.3 Å². The van der Waals surface area contributed by atoms with E-state index >= 15 is 0 Å². The zero-order valence-corrected chi connectivity index (χ0v) is 10.8. The van der Waals surface area contributed by atoms with Crippen LogP contribution < -0.4 is 10.6 Å². The lowest BCUT2D eigenvalue weighted by Gasteiger charge is -2.14. The van der Waals surface area contributed by atoms with Gasteiger partial charge >= 0.3 is 0 Å². The van der Waals surface area contributed by atoms with E-state index < -0.39 is 0 Å². The van der Waals surface area contributed by atoms with Crippen molar-refractivity contribution in [3.8, 4) is 0 Å². The molecule has 0 amide bonds. The van der Waals surface area contributed by atoms with E-state index in [1.165, 1.54) is 11.3 Å². The van der Waals surface area contributed by atoms with Crippen LogP contribution in [0.15, 0.2) is 60.7 Å². The van der Waals surface area contributed by atoms with E-state index in [9.17, 15) is 0 Å². The Morgan fingerprint density at radius 2 is 1.44 bits per heavy atom. The molecule has 2 nitrogen and oxygen atoms in total. The van der Waals surface area contributed by atoms with E-state index in [4.69, 9.17) is 0 Å². The van der Waals surface area contributed by atoms with Gasteiger partial charge in [-0.3, -0.25) is 0 Å². The molecule has 0 spiro atoms. The molecule has 0 aromatic heterocycles. The summed E-state index contributed by atoms with van der Waals surface area (Å²) in [7, 11) is 0. The van der Waals surface area contributed by atoms with Crippen LogP contribution in [0.5, 0.6) is 0 Å². The molecule has 0 fully saturated rings. The van der Waals surface area contributed by atoms with Crippen molar-refractivity contribution in [2.75, 3.05) is 18.4 Å². The van der Waals surface area contributed by atoms with Crippen LogP contribution in [0.1, 0.15) is 18.5 Å². The summed E-state index contributed by atoms with van der Waals surface area (Å²) in [6.45, 7) is 4.07. The Labute approximate surface area is 109 Å². The summed E-state index contributed by atoms with van der Waals surface area (Å²) in [5.74, 6) is 0. The van der Waals surface area contributed by atoms with Crippen molar-refractivity contribution < 1.29 is 0 Å². The molecule has 1 unspecified atom stereocenters. The lowest BCUT2D eigenvalue weighted by molar-refractivity contribution is 0.588.